The number of aliphatic hydroxyl groups excluding tert-OH is 1. The standard InChI is InChI=1S/C11H14FNO3/c12-9-2-1-3-10(8-9)16-7-4-11(15)13-5-6-14/h1-3,8,14H,4-7H2,(H,13,15). The molecular formula is C11H14FNO3. The maximum absolute atomic E-state index is 12.7. The Morgan fingerprint density at radius 1 is 1.50 bits per heavy atom. The molecule has 0 atom stereocenters. The smallest absolute Gasteiger partial charge is 0.223 e. The van der Waals surface area contributed by atoms with Gasteiger partial charge in [0.15, 0.2) is 0 Å². The summed E-state index contributed by atoms with van der Waals surface area (Å²) in [5.74, 6) is -0.178. The van der Waals surface area contributed by atoms with E-state index in [2.05, 4.69) is 5.32 Å². The zero-order valence-electron chi connectivity index (χ0n) is 8.78. The van der Waals surface area contributed by atoms with Crippen LogP contribution in [0.4, 0.5) is 4.39 Å². The molecule has 0 saturated carbocycles. The van der Waals surface area contributed by atoms with Crippen LogP contribution in [0.25, 0.3) is 0 Å². The SMILES string of the molecule is O=C(CCOc1cccc(F)c1)NCCO. The summed E-state index contributed by atoms with van der Waals surface area (Å²) in [4.78, 5) is 11.1. The van der Waals surface area contributed by atoms with Crippen molar-refractivity contribution in [2.75, 3.05) is 19.8 Å². The van der Waals surface area contributed by atoms with Gasteiger partial charge in [0.2, 0.25) is 5.91 Å². The van der Waals surface area contributed by atoms with Gasteiger partial charge in [-0.3, -0.25) is 4.79 Å². The van der Waals surface area contributed by atoms with Gasteiger partial charge < -0.3 is 15.2 Å². The van der Waals surface area contributed by atoms with Crippen molar-refractivity contribution in [2.45, 2.75) is 6.42 Å². The molecule has 2 N–H and O–H groups in total. The van der Waals surface area contributed by atoms with E-state index in [1.807, 2.05) is 0 Å². The molecule has 0 aliphatic carbocycles. The summed E-state index contributed by atoms with van der Waals surface area (Å²) in [5.41, 5.74) is 0. The van der Waals surface area contributed by atoms with Gasteiger partial charge in [0.25, 0.3) is 0 Å². The lowest BCUT2D eigenvalue weighted by Crippen LogP contribution is -2.27. The molecule has 0 aromatic heterocycles. The van der Waals surface area contributed by atoms with E-state index in [1.165, 1.54) is 18.2 Å². The minimum atomic E-state index is -0.373. The Bertz CT molecular complexity index is 344. The summed E-state index contributed by atoms with van der Waals surface area (Å²) in [5, 5.41) is 10.9. The van der Waals surface area contributed by atoms with Crippen LogP contribution in [0.1, 0.15) is 6.42 Å². The molecule has 4 nitrogen and oxygen atoms in total. The van der Waals surface area contributed by atoms with E-state index >= 15 is 0 Å². The molecule has 5 heteroatoms. The normalized spacial score (nSPS) is 9.88. The Hall–Kier alpha value is -1.62. The molecule has 0 fully saturated rings. The minimum absolute atomic E-state index is 0.0868. The van der Waals surface area contributed by atoms with E-state index in [4.69, 9.17) is 9.84 Å². The number of benzene rings is 1. The molecule has 0 unspecified atom stereocenters. The molecule has 1 rings (SSSR count). The van der Waals surface area contributed by atoms with Crippen molar-refractivity contribution >= 4 is 5.91 Å². The van der Waals surface area contributed by atoms with Crippen LogP contribution in [0.2, 0.25) is 0 Å². The monoisotopic (exact) mass is 227 g/mol. The second kappa shape index (κ2) is 6.79. The molecule has 88 valence electrons. The van der Waals surface area contributed by atoms with Crippen molar-refractivity contribution in [2.24, 2.45) is 0 Å². The molecule has 1 aromatic carbocycles. The quantitative estimate of drug-likeness (QED) is 0.752. The van der Waals surface area contributed by atoms with E-state index in [0.29, 0.717) is 5.75 Å². The third-order valence-electron chi connectivity index (χ3n) is 1.83. The third kappa shape index (κ3) is 4.75. The largest absolute Gasteiger partial charge is 0.493 e. The summed E-state index contributed by atoms with van der Waals surface area (Å²) in [6.45, 7) is 0.329. The maximum Gasteiger partial charge on any atom is 0.223 e. The van der Waals surface area contributed by atoms with Gasteiger partial charge in [-0.2, -0.15) is 0 Å². The number of hydrogen-bond acceptors (Lipinski definition) is 3. The summed E-state index contributed by atoms with van der Waals surface area (Å²) < 4.78 is 17.9. The van der Waals surface area contributed by atoms with Gasteiger partial charge in [0.1, 0.15) is 11.6 Å². The molecule has 16 heavy (non-hydrogen) atoms. The molecule has 0 aliphatic rings. The lowest BCUT2D eigenvalue weighted by molar-refractivity contribution is -0.121. The number of ether oxygens (including phenoxy) is 1. The molecule has 0 heterocycles. The highest BCUT2D eigenvalue weighted by molar-refractivity contribution is 5.75. The second-order valence-corrected chi connectivity index (χ2v) is 3.13. The Kier molecular flexibility index (Phi) is 5.28. The zero-order chi connectivity index (χ0) is 11.8. The van der Waals surface area contributed by atoms with Crippen molar-refractivity contribution in [1.29, 1.82) is 0 Å². The average molecular weight is 227 g/mol. The van der Waals surface area contributed by atoms with E-state index in [-0.39, 0.29) is 37.9 Å². The first kappa shape index (κ1) is 12.4. The minimum Gasteiger partial charge on any atom is -0.493 e. The number of aliphatic hydroxyl groups is 1. The third-order valence-corrected chi connectivity index (χ3v) is 1.83. The summed E-state index contributed by atoms with van der Waals surface area (Å²) in [6.07, 6.45) is 0.177. The van der Waals surface area contributed by atoms with Crippen molar-refractivity contribution in [3.63, 3.8) is 0 Å². The van der Waals surface area contributed by atoms with Crippen molar-refractivity contribution in [3.8, 4) is 5.75 Å². The van der Waals surface area contributed by atoms with Crippen molar-refractivity contribution < 1.29 is 19.0 Å². The number of nitrogens with one attached hydrogen (secondary N) is 1. The van der Waals surface area contributed by atoms with E-state index in [0.717, 1.165) is 0 Å². The number of hydrogen-bond donors (Lipinski definition) is 2. The molecular weight excluding hydrogens is 213 g/mol. The van der Waals surface area contributed by atoms with Crippen LogP contribution in [0.5, 0.6) is 5.75 Å². The van der Waals surface area contributed by atoms with Crippen LogP contribution in [-0.4, -0.2) is 30.8 Å². The van der Waals surface area contributed by atoms with Crippen LogP contribution in [0, 0.1) is 5.82 Å². The highest BCUT2D eigenvalue weighted by atomic mass is 19.1. The molecule has 0 saturated heterocycles. The van der Waals surface area contributed by atoms with Gasteiger partial charge in [0, 0.05) is 12.6 Å². The Balaban J connectivity index is 2.22. The fourth-order valence-electron chi connectivity index (χ4n) is 1.10. The fraction of sp³-hybridized carbons (Fsp3) is 0.364. The lowest BCUT2D eigenvalue weighted by Gasteiger charge is -2.06. The van der Waals surface area contributed by atoms with Gasteiger partial charge in [0.05, 0.1) is 19.6 Å². The summed E-state index contributed by atoms with van der Waals surface area (Å²) >= 11 is 0. The molecule has 0 bridgehead atoms. The fourth-order valence-corrected chi connectivity index (χ4v) is 1.10. The predicted molar refractivity (Wildman–Crippen MR) is 56.6 cm³/mol. The van der Waals surface area contributed by atoms with Crippen molar-refractivity contribution in [1.82, 2.24) is 5.32 Å². The summed E-state index contributed by atoms with van der Waals surface area (Å²) in [7, 11) is 0. The first-order valence-corrected chi connectivity index (χ1v) is 4.98. The molecule has 0 radical (unpaired) electrons. The number of amides is 1. The Labute approximate surface area is 93.0 Å². The van der Waals surface area contributed by atoms with Crippen LogP contribution in [0.3, 0.4) is 0 Å². The number of carbonyl (C=O) groups excluding carboxylic acids is 1. The topological polar surface area (TPSA) is 58.6 Å². The van der Waals surface area contributed by atoms with Gasteiger partial charge in [-0.1, -0.05) is 6.07 Å². The lowest BCUT2D eigenvalue weighted by atomic mass is 10.3. The van der Waals surface area contributed by atoms with Gasteiger partial charge in [-0.15, -0.1) is 0 Å². The first-order valence-electron chi connectivity index (χ1n) is 4.98. The predicted octanol–water partition coefficient (Wildman–Crippen LogP) is 0.703. The van der Waals surface area contributed by atoms with Gasteiger partial charge in [-0.25, -0.2) is 4.39 Å². The summed E-state index contributed by atoms with van der Waals surface area (Å²) in [6, 6.07) is 5.73. The average Bonchev–Trinajstić information content (AvgIpc) is 2.26. The van der Waals surface area contributed by atoms with Gasteiger partial charge in [-0.05, 0) is 12.1 Å². The Morgan fingerprint density at radius 2 is 2.31 bits per heavy atom. The zero-order valence-corrected chi connectivity index (χ0v) is 8.78. The van der Waals surface area contributed by atoms with Crippen LogP contribution < -0.4 is 10.1 Å². The number of rotatable bonds is 6. The van der Waals surface area contributed by atoms with E-state index in [1.54, 1.807) is 6.07 Å². The van der Waals surface area contributed by atoms with Crippen LogP contribution in [-0.2, 0) is 4.79 Å². The number of carbonyl (C=O) groups is 1. The van der Waals surface area contributed by atoms with Crippen molar-refractivity contribution in [3.05, 3.63) is 30.1 Å². The van der Waals surface area contributed by atoms with Crippen LogP contribution >= 0.6 is 0 Å². The second-order valence-electron chi connectivity index (χ2n) is 3.13. The highest BCUT2D eigenvalue weighted by Crippen LogP contribution is 2.11. The first-order chi connectivity index (χ1) is 7.72. The molecule has 1 amide bonds. The number of halogens is 1. The van der Waals surface area contributed by atoms with Gasteiger partial charge >= 0.3 is 0 Å². The maximum atomic E-state index is 12.7. The van der Waals surface area contributed by atoms with Crippen LogP contribution in [0.15, 0.2) is 24.3 Å². The van der Waals surface area contributed by atoms with E-state index < -0.39 is 0 Å². The van der Waals surface area contributed by atoms with E-state index in [9.17, 15) is 9.18 Å². The highest BCUT2D eigenvalue weighted by Gasteiger charge is 2.01. The molecule has 1 aromatic rings. The molecule has 0 spiro atoms. The Morgan fingerprint density at radius 3 is 3.00 bits per heavy atom. The molecule has 0 aliphatic heterocycles.